The van der Waals surface area contributed by atoms with E-state index >= 15 is 0 Å². The molecule has 0 aliphatic carbocycles. The van der Waals surface area contributed by atoms with Crippen LogP contribution in [0.2, 0.25) is 18.1 Å². The number of aryl methyl sites for hydroxylation is 1. The van der Waals surface area contributed by atoms with Gasteiger partial charge in [-0.05, 0) is 37.9 Å². The predicted molar refractivity (Wildman–Crippen MR) is 103 cm³/mol. The fourth-order valence-corrected chi connectivity index (χ4v) is 3.07. The summed E-state index contributed by atoms with van der Waals surface area (Å²) in [4.78, 5) is 31.3. The van der Waals surface area contributed by atoms with Crippen LogP contribution < -0.4 is 5.32 Å². The minimum absolute atomic E-state index is 0.175. The van der Waals surface area contributed by atoms with Gasteiger partial charge in [-0.2, -0.15) is 0 Å². The van der Waals surface area contributed by atoms with Crippen LogP contribution in [-0.2, 0) is 25.2 Å². The van der Waals surface area contributed by atoms with Crippen molar-refractivity contribution in [3.8, 4) is 0 Å². The lowest BCUT2D eigenvalue weighted by Crippen LogP contribution is -2.41. The van der Waals surface area contributed by atoms with Crippen molar-refractivity contribution in [1.29, 1.82) is 0 Å². The number of aromatic nitrogens is 2. The molecule has 0 spiro atoms. The maximum Gasteiger partial charge on any atom is 0.303 e. The molecule has 0 saturated heterocycles. The van der Waals surface area contributed by atoms with Crippen LogP contribution in [0, 0.1) is 0 Å². The minimum Gasteiger partial charge on any atom is -0.453 e. The molecular weight excluding hydrogens is 350 g/mol. The summed E-state index contributed by atoms with van der Waals surface area (Å²) >= 11 is 0. The van der Waals surface area contributed by atoms with Gasteiger partial charge in [0.15, 0.2) is 14.4 Å². The Morgan fingerprint density at radius 2 is 1.96 bits per heavy atom. The predicted octanol–water partition coefficient (Wildman–Crippen LogP) is 3.32. The zero-order valence-corrected chi connectivity index (χ0v) is 17.9. The van der Waals surface area contributed by atoms with Crippen LogP contribution in [0.4, 0.5) is 5.69 Å². The highest BCUT2D eigenvalue weighted by Gasteiger charge is 2.36. The van der Waals surface area contributed by atoms with Crippen LogP contribution in [0.3, 0.4) is 0 Å². The lowest BCUT2D eigenvalue weighted by Gasteiger charge is -2.36. The Kier molecular flexibility index (Phi) is 7.89. The number of hydrogen-bond donors (Lipinski definition) is 1. The normalized spacial score (nSPS) is 13.2. The first-order valence-electron chi connectivity index (χ1n) is 8.85. The number of carbonyl (C=O) groups is 2. The zero-order chi connectivity index (χ0) is 20.0. The highest BCUT2D eigenvalue weighted by molar-refractivity contribution is 6.74. The molecule has 0 unspecified atom stereocenters. The van der Waals surface area contributed by atoms with Crippen molar-refractivity contribution in [1.82, 2.24) is 9.97 Å². The number of hydrogen-bond acceptors (Lipinski definition) is 6. The average Bonchev–Trinajstić information content (AvgIpc) is 2.51. The van der Waals surface area contributed by atoms with Gasteiger partial charge in [0.1, 0.15) is 6.33 Å². The number of rotatable bonds is 8. The summed E-state index contributed by atoms with van der Waals surface area (Å²) in [7, 11) is -1.76. The van der Waals surface area contributed by atoms with Gasteiger partial charge in [-0.1, -0.05) is 20.8 Å². The molecule has 0 aromatic carbocycles. The smallest absolute Gasteiger partial charge is 0.303 e. The van der Waals surface area contributed by atoms with Gasteiger partial charge >= 0.3 is 5.97 Å². The topological polar surface area (TPSA) is 90.4 Å². The summed E-state index contributed by atoms with van der Waals surface area (Å²) < 4.78 is 11.1. The van der Waals surface area contributed by atoms with E-state index in [4.69, 9.17) is 9.16 Å². The Balaban J connectivity index is 2.62. The summed E-state index contributed by atoms with van der Waals surface area (Å²) in [6, 6.07) is 0. The first-order valence-corrected chi connectivity index (χ1v) is 11.8. The first-order chi connectivity index (χ1) is 11.9. The molecule has 1 N–H and O–H groups in total. The number of amides is 1. The standard InChI is InChI=1S/C18H31N3O4Si/c1-13(25-14(2)22)17(23)21-16-11-19-12-20-15(16)9-8-10-24-26(6,7)18(3,4)5/h11-13H,8-10H2,1-7H3,(H,21,23)/t13-/m1/s1. The Morgan fingerprint density at radius 1 is 1.31 bits per heavy atom. The van der Waals surface area contributed by atoms with Crippen molar-refractivity contribution in [3.05, 3.63) is 18.2 Å². The number of ether oxygens (including phenoxy) is 1. The number of anilines is 1. The summed E-state index contributed by atoms with van der Waals surface area (Å²) in [5.41, 5.74) is 1.27. The van der Waals surface area contributed by atoms with Gasteiger partial charge in [0.25, 0.3) is 5.91 Å². The van der Waals surface area contributed by atoms with E-state index in [9.17, 15) is 9.59 Å². The third kappa shape index (κ3) is 6.84. The molecule has 0 fully saturated rings. The maximum absolute atomic E-state index is 12.1. The Bertz CT molecular complexity index is 629. The molecule has 0 saturated carbocycles. The Hall–Kier alpha value is -1.80. The highest BCUT2D eigenvalue weighted by atomic mass is 28.4. The third-order valence-electron chi connectivity index (χ3n) is 4.59. The first kappa shape index (κ1) is 22.2. The van der Waals surface area contributed by atoms with Crippen molar-refractivity contribution in [2.75, 3.05) is 11.9 Å². The van der Waals surface area contributed by atoms with Crippen molar-refractivity contribution in [3.63, 3.8) is 0 Å². The average molecular weight is 382 g/mol. The molecule has 0 aliphatic heterocycles. The fraction of sp³-hybridized carbons (Fsp3) is 0.667. The maximum atomic E-state index is 12.1. The Labute approximate surface area is 157 Å². The van der Waals surface area contributed by atoms with E-state index in [-0.39, 0.29) is 5.04 Å². The third-order valence-corrected chi connectivity index (χ3v) is 9.13. The molecule has 0 bridgehead atoms. The lowest BCUT2D eigenvalue weighted by atomic mass is 10.2. The molecule has 7 nitrogen and oxygen atoms in total. The zero-order valence-electron chi connectivity index (χ0n) is 16.9. The van der Waals surface area contributed by atoms with E-state index in [0.29, 0.717) is 18.7 Å². The quantitative estimate of drug-likeness (QED) is 0.422. The minimum atomic E-state index is -1.76. The molecule has 1 atom stereocenters. The van der Waals surface area contributed by atoms with Crippen LogP contribution in [0.25, 0.3) is 0 Å². The van der Waals surface area contributed by atoms with Gasteiger partial charge in [0.2, 0.25) is 0 Å². The molecule has 0 radical (unpaired) electrons. The molecule has 1 aromatic heterocycles. The number of nitrogens with zero attached hydrogens (tertiary/aromatic N) is 2. The number of carbonyl (C=O) groups excluding carboxylic acids is 2. The summed E-state index contributed by atoms with van der Waals surface area (Å²) in [5.74, 6) is -0.909. The molecule has 1 amide bonds. The lowest BCUT2D eigenvalue weighted by molar-refractivity contribution is -0.150. The fourth-order valence-electron chi connectivity index (χ4n) is 1.98. The second kappa shape index (κ2) is 9.23. The van der Waals surface area contributed by atoms with E-state index in [1.807, 2.05) is 0 Å². The van der Waals surface area contributed by atoms with Crippen LogP contribution in [0.1, 0.15) is 46.7 Å². The summed E-state index contributed by atoms with van der Waals surface area (Å²) in [6.45, 7) is 14.5. The highest BCUT2D eigenvalue weighted by Crippen LogP contribution is 2.36. The van der Waals surface area contributed by atoms with E-state index in [2.05, 4.69) is 49.1 Å². The molecule has 0 aliphatic rings. The van der Waals surface area contributed by atoms with E-state index < -0.39 is 26.3 Å². The van der Waals surface area contributed by atoms with Crippen LogP contribution >= 0.6 is 0 Å². The molecule has 1 rings (SSSR count). The second-order valence-electron chi connectivity index (χ2n) is 7.84. The van der Waals surface area contributed by atoms with E-state index in [1.54, 1.807) is 6.20 Å². The molecular formula is C18H31N3O4Si. The molecule has 1 aromatic rings. The largest absolute Gasteiger partial charge is 0.453 e. The number of nitrogens with one attached hydrogen (secondary N) is 1. The van der Waals surface area contributed by atoms with Crippen LogP contribution in [0.5, 0.6) is 0 Å². The van der Waals surface area contributed by atoms with Gasteiger partial charge in [0.05, 0.1) is 17.6 Å². The number of esters is 1. The SMILES string of the molecule is CC(=O)O[C@H](C)C(=O)Nc1cncnc1CCCO[Si](C)(C)C(C)(C)C. The van der Waals surface area contributed by atoms with Crippen molar-refractivity contribution >= 4 is 25.9 Å². The second-order valence-corrected chi connectivity index (χ2v) is 12.6. The molecule has 146 valence electrons. The van der Waals surface area contributed by atoms with Crippen LogP contribution in [0.15, 0.2) is 12.5 Å². The van der Waals surface area contributed by atoms with Gasteiger partial charge in [-0.15, -0.1) is 0 Å². The van der Waals surface area contributed by atoms with Crippen molar-refractivity contribution < 1.29 is 18.8 Å². The van der Waals surface area contributed by atoms with Gasteiger partial charge in [-0.3, -0.25) is 9.59 Å². The molecule has 8 heteroatoms. The van der Waals surface area contributed by atoms with Crippen molar-refractivity contribution in [2.24, 2.45) is 0 Å². The van der Waals surface area contributed by atoms with Crippen LogP contribution in [-0.4, -0.2) is 42.9 Å². The van der Waals surface area contributed by atoms with E-state index in [1.165, 1.54) is 20.2 Å². The van der Waals surface area contributed by atoms with Crippen molar-refractivity contribution in [2.45, 2.75) is 71.7 Å². The Morgan fingerprint density at radius 3 is 2.54 bits per heavy atom. The monoisotopic (exact) mass is 381 g/mol. The summed E-state index contributed by atoms with van der Waals surface area (Å²) in [6.07, 6.45) is 3.59. The van der Waals surface area contributed by atoms with E-state index in [0.717, 1.165) is 12.1 Å². The van der Waals surface area contributed by atoms with Gasteiger partial charge in [0, 0.05) is 13.5 Å². The van der Waals surface area contributed by atoms with Gasteiger partial charge in [-0.25, -0.2) is 9.97 Å². The van der Waals surface area contributed by atoms with Gasteiger partial charge < -0.3 is 14.5 Å². The molecule has 1 heterocycles. The summed E-state index contributed by atoms with van der Waals surface area (Å²) in [5, 5.41) is 2.90. The molecule has 26 heavy (non-hydrogen) atoms.